The van der Waals surface area contributed by atoms with Crippen LogP contribution in [0.2, 0.25) is 0 Å². The summed E-state index contributed by atoms with van der Waals surface area (Å²) in [6.07, 6.45) is 14.7. The monoisotopic (exact) mass is 1570 g/mol. The van der Waals surface area contributed by atoms with Crippen LogP contribution in [-0.2, 0) is 90.7 Å². The summed E-state index contributed by atoms with van der Waals surface area (Å²) in [6.45, 7) is 33.5. The van der Waals surface area contributed by atoms with Crippen LogP contribution in [0.25, 0.3) is 44.5 Å². The van der Waals surface area contributed by atoms with Crippen LogP contribution < -0.4 is 0 Å². The third-order valence-corrected chi connectivity index (χ3v) is 8.58. The van der Waals surface area contributed by atoms with Gasteiger partial charge in [-0.2, -0.15) is 12.1 Å². The minimum absolute atomic E-state index is 0. The zero-order chi connectivity index (χ0) is 46.8. The Morgan fingerprint density at radius 2 is 0.565 bits per heavy atom. The summed E-state index contributed by atoms with van der Waals surface area (Å²) >= 11 is 0. The van der Waals surface area contributed by atoms with Crippen molar-refractivity contribution in [2.45, 2.75) is 6.42 Å². The molecule has 10 rings (SSSR count). The van der Waals surface area contributed by atoms with Gasteiger partial charge >= 0.3 is 84.3 Å². The maximum Gasteiger partial charge on any atom is 2.00 e. The maximum absolute atomic E-state index is 5.19. The van der Waals surface area contributed by atoms with Gasteiger partial charge in [0, 0.05) is 0 Å². The van der Waals surface area contributed by atoms with E-state index in [1.807, 2.05) is 60.7 Å². The average Bonchev–Trinajstić information content (AvgIpc) is 3.90. The molecule has 0 amide bonds. The van der Waals surface area contributed by atoms with Gasteiger partial charge in [0.2, 0.25) is 0 Å². The Balaban J connectivity index is -0.000000720. The fourth-order valence-electron chi connectivity index (χ4n) is 5.49. The van der Waals surface area contributed by atoms with Gasteiger partial charge in [0.15, 0.2) is 0 Å². The van der Waals surface area contributed by atoms with Crippen LogP contribution in [-0.4, -0.2) is 0 Å². The van der Waals surface area contributed by atoms with Crippen LogP contribution in [0, 0.1) is 52.1 Å². The maximum atomic E-state index is 5.19. The fraction of sp³-hybridized carbons (Fsp3) is 0.0154. The molecule has 4 heteroatoms. The topological polar surface area (TPSA) is 0 Å². The summed E-state index contributed by atoms with van der Waals surface area (Å²) in [4.78, 5) is 0. The second kappa shape index (κ2) is 47.5. The molecule has 340 valence electrons. The molecule has 0 nitrogen and oxygen atoms in total. The van der Waals surface area contributed by atoms with Crippen LogP contribution >= 0.6 is 0 Å². The number of rotatable bonds is 4. The molecule has 0 N–H and O–H groups in total. The van der Waals surface area contributed by atoms with Gasteiger partial charge in [0.05, 0.1) is 0 Å². The fourth-order valence-corrected chi connectivity index (χ4v) is 5.49. The second-order valence-electron chi connectivity index (χ2n) is 13.1. The van der Waals surface area contributed by atoms with Crippen LogP contribution in [0.15, 0.2) is 273 Å². The molecular weight excluding hydrogens is 1520 g/mol. The summed E-state index contributed by atoms with van der Waals surface area (Å²) in [6, 6.07) is 81.1. The average molecular weight is 1570 g/mol. The minimum Gasteiger partial charge on any atom is -0.394 e. The smallest absolute Gasteiger partial charge is 0.394 e. The summed E-state index contributed by atoms with van der Waals surface area (Å²) in [7, 11) is 0. The van der Waals surface area contributed by atoms with Crippen LogP contribution in [0.1, 0.15) is 16.7 Å². The van der Waals surface area contributed by atoms with Gasteiger partial charge in [-0.05, 0) is 49.9 Å². The molecule has 0 unspecified atom stereocenters. The Labute approximate surface area is 472 Å². The molecular formula is C65H56W4. The van der Waals surface area contributed by atoms with Crippen LogP contribution in [0.4, 0.5) is 0 Å². The van der Waals surface area contributed by atoms with Gasteiger partial charge < -0.3 is 94.1 Å². The molecule has 69 heavy (non-hydrogen) atoms. The van der Waals surface area contributed by atoms with E-state index in [1.165, 1.54) is 86.0 Å². The van der Waals surface area contributed by atoms with E-state index in [4.69, 9.17) is 46.1 Å². The first-order valence-electron chi connectivity index (χ1n) is 20.9. The molecule has 9 aromatic carbocycles. The molecule has 0 heterocycles. The molecule has 0 spiro atoms. The van der Waals surface area contributed by atoms with Gasteiger partial charge in [-0.1, -0.05) is 218 Å². The van der Waals surface area contributed by atoms with Gasteiger partial charge in [0.1, 0.15) is 0 Å². The van der Waals surface area contributed by atoms with Crippen molar-refractivity contribution in [1.29, 1.82) is 0 Å². The minimum atomic E-state index is 0. The molecule has 1 aliphatic rings. The number of hydrogen-bond donors (Lipinski definition) is 0. The van der Waals surface area contributed by atoms with Gasteiger partial charge in [0.25, 0.3) is 0 Å². The Morgan fingerprint density at radius 3 is 0.783 bits per heavy atom. The van der Waals surface area contributed by atoms with E-state index in [-0.39, 0.29) is 84.3 Å². The first-order valence-corrected chi connectivity index (χ1v) is 20.9. The van der Waals surface area contributed by atoms with Gasteiger partial charge in [-0.15, -0.1) is 6.07 Å². The van der Waals surface area contributed by atoms with Crippen molar-refractivity contribution < 1.29 is 84.3 Å². The Hall–Kier alpha value is -5.57. The zero-order valence-electron chi connectivity index (χ0n) is 38.5. The third kappa shape index (κ3) is 32.0. The van der Waals surface area contributed by atoms with Gasteiger partial charge in [-0.25, -0.2) is 12.1 Å². The Bertz CT molecular complexity index is 2280. The number of fused-ring (bicyclic) bond motifs is 4. The summed E-state index contributed by atoms with van der Waals surface area (Å²) in [5, 5.41) is 7.86. The predicted molar refractivity (Wildman–Crippen MR) is 285 cm³/mol. The molecule has 9 aromatic rings. The molecule has 0 saturated carbocycles. The van der Waals surface area contributed by atoms with E-state index >= 15 is 0 Å². The SMILES string of the molecule is C1=Cc2ccccc2C1.[CH-]=CC=[CH-].[CH-]=CC=[CH-].[CH-]=CC=[CH-].[CH-]=Cc1[c-]cccc1.[W+2].[W+2].[W+2].[W+2].c1ccc2ccccc2c1.c1ccc2ccccc2c1.c1ccc2ccccc2c1.c1ccccc1. The number of allylic oxidation sites excluding steroid dienone is 7. The quantitative estimate of drug-likeness (QED) is 0.122. The van der Waals surface area contributed by atoms with Crippen molar-refractivity contribution in [3.05, 3.63) is 342 Å². The van der Waals surface area contributed by atoms with Gasteiger partial charge in [-0.3, -0.25) is 0 Å². The Morgan fingerprint density at radius 1 is 0.304 bits per heavy atom. The van der Waals surface area contributed by atoms with Crippen molar-refractivity contribution in [1.82, 2.24) is 0 Å². The van der Waals surface area contributed by atoms with E-state index < -0.39 is 0 Å². The molecule has 1 aliphatic carbocycles. The molecule has 0 atom stereocenters. The van der Waals surface area contributed by atoms with E-state index in [2.05, 4.69) is 188 Å². The van der Waals surface area contributed by atoms with E-state index in [0.717, 1.165) is 12.0 Å². The largest absolute Gasteiger partial charge is 2.00 e. The van der Waals surface area contributed by atoms with Crippen molar-refractivity contribution in [3.63, 3.8) is 0 Å². The standard InChI is InChI=1S/3C10H8.C9H8.C8H6.C6H6.3C4H4.4W/c3*1-2-6-10-8-4-3-7-9(10)5-1;1-2-5-9-7-3-6-8(9)4-1;1-2-8-6-4-3-5-7-8;1-2-4-6-5-3-1;3*1-3-4-2;;;;/h3*1-8H;1-6H,7H2;1-6H;1-6H;3*1-4H;;;;/q;;;;-2;;3*-2;4*+2. The molecule has 0 radical (unpaired) electrons. The first-order chi connectivity index (χ1) is 32.0. The zero-order valence-corrected chi connectivity index (χ0v) is 50.3. The van der Waals surface area contributed by atoms with E-state index in [9.17, 15) is 0 Å². The number of hydrogen-bond acceptors (Lipinski definition) is 0. The predicted octanol–water partition coefficient (Wildman–Crippen LogP) is 17.3. The van der Waals surface area contributed by atoms with Crippen molar-refractivity contribution in [2.75, 3.05) is 0 Å². The van der Waals surface area contributed by atoms with E-state index in [0.29, 0.717) is 0 Å². The van der Waals surface area contributed by atoms with Crippen molar-refractivity contribution in [3.8, 4) is 0 Å². The Kier molecular flexibility index (Phi) is 46.6. The second-order valence-corrected chi connectivity index (χ2v) is 13.1. The van der Waals surface area contributed by atoms with Crippen molar-refractivity contribution in [2.24, 2.45) is 0 Å². The van der Waals surface area contributed by atoms with Crippen LogP contribution in [0.5, 0.6) is 0 Å². The van der Waals surface area contributed by atoms with Crippen molar-refractivity contribution >= 4 is 44.5 Å². The van der Waals surface area contributed by atoms with E-state index in [1.54, 1.807) is 0 Å². The molecule has 0 aliphatic heterocycles. The molecule has 0 saturated heterocycles. The number of benzene rings is 9. The summed E-state index contributed by atoms with van der Waals surface area (Å²) in [5.41, 5.74) is 3.78. The molecule has 0 fully saturated rings. The normalized spacial score (nSPS) is 8.70. The summed E-state index contributed by atoms with van der Waals surface area (Å²) < 4.78 is 0. The first kappa shape index (κ1) is 67.7. The third-order valence-electron chi connectivity index (χ3n) is 8.58. The molecule has 0 aromatic heterocycles. The van der Waals surface area contributed by atoms with Crippen LogP contribution in [0.3, 0.4) is 0 Å². The summed E-state index contributed by atoms with van der Waals surface area (Å²) in [5.74, 6) is 0. The molecule has 0 bridgehead atoms.